The summed E-state index contributed by atoms with van der Waals surface area (Å²) in [6.07, 6.45) is 1.03. The molecule has 3 heteroatoms. The third kappa shape index (κ3) is 4.95. The molecule has 0 amide bonds. The van der Waals surface area contributed by atoms with Gasteiger partial charge in [-0.15, -0.1) is 11.6 Å². The highest BCUT2D eigenvalue weighted by Gasteiger charge is 2.16. The lowest BCUT2D eigenvalue weighted by Crippen LogP contribution is -2.29. The SMILES string of the molecule is Cc1cccc(CNCC(C)(C)CCCl)n1. The normalized spacial score (nSPS) is 11.8. The van der Waals surface area contributed by atoms with Crippen molar-refractivity contribution in [2.45, 2.75) is 33.7 Å². The van der Waals surface area contributed by atoms with Gasteiger partial charge in [0, 0.05) is 24.7 Å². The van der Waals surface area contributed by atoms with Crippen molar-refractivity contribution in [1.82, 2.24) is 10.3 Å². The Morgan fingerprint density at radius 3 is 2.75 bits per heavy atom. The Morgan fingerprint density at radius 1 is 1.38 bits per heavy atom. The number of nitrogens with one attached hydrogen (secondary N) is 1. The largest absolute Gasteiger partial charge is 0.311 e. The highest BCUT2D eigenvalue weighted by atomic mass is 35.5. The number of aromatic nitrogens is 1. The Balaban J connectivity index is 2.35. The van der Waals surface area contributed by atoms with E-state index in [9.17, 15) is 0 Å². The maximum atomic E-state index is 5.76. The van der Waals surface area contributed by atoms with Gasteiger partial charge in [-0.1, -0.05) is 19.9 Å². The number of pyridine rings is 1. The Bertz CT molecular complexity index is 323. The number of hydrogen-bond acceptors (Lipinski definition) is 2. The third-order valence-electron chi connectivity index (χ3n) is 2.63. The molecule has 0 spiro atoms. The van der Waals surface area contributed by atoms with Crippen LogP contribution in [-0.4, -0.2) is 17.4 Å². The first-order chi connectivity index (χ1) is 7.53. The summed E-state index contributed by atoms with van der Waals surface area (Å²) in [4.78, 5) is 4.45. The predicted molar refractivity (Wildman–Crippen MR) is 69.8 cm³/mol. The van der Waals surface area contributed by atoms with Crippen LogP contribution in [-0.2, 0) is 6.54 Å². The maximum absolute atomic E-state index is 5.76. The van der Waals surface area contributed by atoms with Gasteiger partial charge in [-0.25, -0.2) is 0 Å². The second kappa shape index (κ2) is 6.21. The average Bonchev–Trinajstić information content (AvgIpc) is 2.17. The van der Waals surface area contributed by atoms with Crippen molar-refractivity contribution in [2.24, 2.45) is 5.41 Å². The van der Waals surface area contributed by atoms with Crippen molar-refractivity contribution in [3.63, 3.8) is 0 Å². The zero-order valence-corrected chi connectivity index (χ0v) is 11.1. The van der Waals surface area contributed by atoms with Gasteiger partial charge in [0.25, 0.3) is 0 Å². The molecule has 0 atom stereocenters. The Hall–Kier alpha value is -0.600. The molecule has 0 aliphatic heterocycles. The Labute approximate surface area is 103 Å². The van der Waals surface area contributed by atoms with Gasteiger partial charge in [0.15, 0.2) is 0 Å². The van der Waals surface area contributed by atoms with E-state index in [-0.39, 0.29) is 5.41 Å². The summed E-state index contributed by atoms with van der Waals surface area (Å²) in [7, 11) is 0. The molecule has 0 aromatic carbocycles. The van der Waals surface area contributed by atoms with Crippen LogP contribution in [0.15, 0.2) is 18.2 Å². The summed E-state index contributed by atoms with van der Waals surface area (Å²) in [6.45, 7) is 8.27. The first-order valence-electron chi connectivity index (χ1n) is 5.73. The molecule has 1 aromatic rings. The fourth-order valence-electron chi connectivity index (χ4n) is 1.57. The second-order valence-corrected chi connectivity index (χ2v) is 5.36. The lowest BCUT2D eigenvalue weighted by atomic mass is 9.90. The summed E-state index contributed by atoms with van der Waals surface area (Å²) in [5.74, 6) is 0.720. The molecule has 1 rings (SSSR count). The molecule has 0 saturated carbocycles. The summed E-state index contributed by atoms with van der Waals surface area (Å²) < 4.78 is 0. The molecule has 0 fully saturated rings. The summed E-state index contributed by atoms with van der Waals surface area (Å²) in [5, 5.41) is 3.43. The van der Waals surface area contributed by atoms with Crippen LogP contribution in [0, 0.1) is 12.3 Å². The summed E-state index contributed by atoms with van der Waals surface area (Å²) in [5.41, 5.74) is 2.42. The van der Waals surface area contributed by atoms with Crippen LogP contribution in [0.25, 0.3) is 0 Å². The van der Waals surface area contributed by atoms with Crippen LogP contribution < -0.4 is 5.32 Å². The van der Waals surface area contributed by atoms with Crippen molar-refractivity contribution >= 4 is 11.6 Å². The smallest absolute Gasteiger partial charge is 0.0544 e. The average molecular weight is 241 g/mol. The molecule has 90 valence electrons. The number of alkyl halides is 1. The quantitative estimate of drug-likeness (QED) is 0.773. The standard InChI is InChI=1S/C13H21ClN2/c1-11-5-4-6-12(16-11)9-15-10-13(2,3)7-8-14/h4-6,15H,7-10H2,1-3H3. The van der Waals surface area contributed by atoms with Gasteiger partial charge in [-0.3, -0.25) is 4.98 Å². The molecular formula is C13H21ClN2. The molecule has 0 radical (unpaired) electrons. The van der Waals surface area contributed by atoms with E-state index in [1.54, 1.807) is 0 Å². The van der Waals surface area contributed by atoms with E-state index in [4.69, 9.17) is 11.6 Å². The first-order valence-corrected chi connectivity index (χ1v) is 6.26. The van der Waals surface area contributed by atoms with Crippen molar-refractivity contribution in [2.75, 3.05) is 12.4 Å². The molecule has 2 nitrogen and oxygen atoms in total. The molecular weight excluding hydrogens is 220 g/mol. The van der Waals surface area contributed by atoms with Crippen molar-refractivity contribution in [3.05, 3.63) is 29.6 Å². The van der Waals surface area contributed by atoms with Crippen LogP contribution in [0.1, 0.15) is 31.7 Å². The van der Waals surface area contributed by atoms with Gasteiger partial charge >= 0.3 is 0 Å². The molecule has 1 N–H and O–H groups in total. The Morgan fingerprint density at radius 2 is 2.12 bits per heavy atom. The van der Waals surface area contributed by atoms with Crippen LogP contribution in [0.4, 0.5) is 0 Å². The van der Waals surface area contributed by atoms with Gasteiger partial charge < -0.3 is 5.32 Å². The Kier molecular flexibility index (Phi) is 5.23. The van der Waals surface area contributed by atoms with Gasteiger partial charge in [0.05, 0.1) is 5.69 Å². The first kappa shape index (κ1) is 13.5. The van der Waals surface area contributed by atoms with Crippen molar-refractivity contribution in [1.29, 1.82) is 0 Å². The molecule has 1 heterocycles. The summed E-state index contributed by atoms with van der Waals surface area (Å²) >= 11 is 5.76. The van der Waals surface area contributed by atoms with E-state index in [0.717, 1.165) is 36.8 Å². The van der Waals surface area contributed by atoms with E-state index in [2.05, 4.69) is 30.2 Å². The van der Waals surface area contributed by atoms with Crippen molar-refractivity contribution < 1.29 is 0 Å². The molecule has 0 bridgehead atoms. The van der Waals surface area contributed by atoms with Crippen LogP contribution in [0.5, 0.6) is 0 Å². The molecule has 0 aliphatic carbocycles. The van der Waals surface area contributed by atoms with E-state index in [0.29, 0.717) is 0 Å². The maximum Gasteiger partial charge on any atom is 0.0544 e. The lowest BCUT2D eigenvalue weighted by Gasteiger charge is -2.23. The number of hydrogen-bond donors (Lipinski definition) is 1. The minimum atomic E-state index is 0.256. The number of nitrogens with zero attached hydrogens (tertiary/aromatic N) is 1. The molecule has 0 saturated heterocycles. The molecule has 1 aromatic heterocycles. The van der Waals surface area contributed by atoms with Gasteiger partial charge in [0.1, 0.15) is 0 Å². The highest BCUT2D eigenvalue weighted by molar-refractivity contribution is 6.17. The molecule has 0 aliphatic rings. The minimum Gasteiger partial charge on any atom is -0.311 e. The second-order valence-electron chi connectivity index (χ2n) is 4.98. The number of aryl methyl sites for hydroxylation is 1. The predicted octanol–water partition coefficient (Wildman–Crippen LogP) is 3.13. The van der Waals surface area contributed by atoms with Crippen LogP contribution >= 0.6 is 11.6 Å². The van der Waals surface area contributed by atoms with Gasteiger partial charge in [-0.2, -0.15) is 0 Å². The molecule has 16 heavy (non-hydrogen) atoms. The number of halogens is 1. The lowest BCUT2D eigenvalue weighted by molar-refractivity contribution is 0.329. The monoisotopic (exact) mass is 240 g/mol. The molecule has 0 unspecified atom stereocenters. The van der Waals surface area contributed by atoms with E-state index < -0.39 is 0 Å². The van der Waals surface area contributed by atoms with Crippen LogP contribution in [0.3, 0.4) is 0 Å². The number of rotatable bonds is 6. The topological polar surface area (TPSA) is 24.9 Å². The highest BCUT2D eigenvalue weighted by Crippen LogP contribution is 2.19. The summed E-state index contributed by atoms with van der Waals surface area (Å²) in [6, 6.07) is 6.11. The van der Waals surface area contributed by atoms with Gasteiger partial charge in [-0.05, 0) is 30.9 Å². The van der Waals surface area contributed by atoms with Gasteiger partial charge in [0.2, 0.25) is 0 Å². The van der Waals surface area contributed by atoms with Crippen LogP contribution in [0.2, 0.25) is 0 Å². The zero-order valence-electron chi connectivity index (χ0n) is 10.4. The zero-order chi connectivity index (χ0) is 12.0. The fourth-order valence-corrected chi connectivity index (χ4v) is 2.08. The third-order valence-corrected chi connectivity index (χ3v) is 2.82. The fraction of sp³-hybridized carbons (Fsp3) is 0.615. The van der Waals surface area contributed by atoms with Crippen molar-refractivity contribution in [3.8, 4) is 0 Å². The van der Waals surface area contributed by atoms with E-state index in [1.165, 1.54) is 0 Å². The van der Waals surface area contributed by atoms with E-state index in [1.807, 2.05) is 19.1 Å². The minimum absolute atomic E-state index is 0.256. The van der Waals surface area contributed by atoms with E-state index >= 15 is 0 Å².